The van der Waals surface area contributed by atoms with Crippen LogP contribution in [-0.2, 0) is 0 Å². The summed E-state index contributed by atoms with van der Waals surface area (Å²) in [5.41, 5.74) is 1.49. The van der Waals surface area contributed by atoms with Crippen LogP contribution in [0.15, 0.2) is 24.8 Å². The molecule has 3 aliphatic heterocycles. The summed E-state index contributed by atoms with van der Waals surface area (Å²) in [6.45, 7) is 2.41. The lowest BCUT2D eigenvalue weighted by Gasteiger charge is -2.52. The Bertz CT molecular complexity index is 742. The second-order valence-corrected chi connectivity index (χ2v) is 6.84. The molecule has 0 unspecified atom stereocenters. The minimum absolute atomic E-state index is 0.0550. The monoisotopic (exact) mass is 297 g/mol. The van der Waals surface area contributed by atoms with E-state index >= 15 is 0 Å². The summed E-state index contributed by atoms with van der Waals surface area (Å²) in [5.74, 6) is 0.578. The fourth-order valence-corrected chi connectivity index (χ4v) is 4.48. The van der Waals surface area contributed by atoms with Crippen LogP contribution in [0.2, 0.25) is 0 Å². The van der Waals surface area contributed by atoms with E-state index in [-0.39, 0.29) is 11.4 Å². The summed E-state index contributed by atoms with van der Waals surface area (Å²) >= 11 is 0. The van der Waals surface area contributed by atoms with E-state index in [0.717, 1.165) is 5.65 Å². The highest BCUT2D eigenvalue weighted by Crippen LogP contribution is 2.53. The van der Waals surface area contributed by atoms with Crippen LogP contribution in [-0.4, -0.2) is 49.8 Å². The summed E-state index contributed by atoms with van der Waals surface area (Å²) in [6.07, 6.45) is 11.8. The van der Waals surface area contributed by atoms with Gasteiger partial charge in [-0.2, -0.15) is 0 Å². The quantitative estimate of drug-likeness (QED) is 0.901. The Labute approximate surface area is 128 Å². The van der Waals surface area contributed by atoms with Gasteiger partial charge in [-0.05, 0) is 44.7 Å². The summed E-state index contributed by atoms with van der Waals surface area (Å²) in [5, 5.41) is 3.30. The molecule has 6 rings (SSSR count). The highest BCUT2D eigenvalue weighted by molar-refractivity contribution is 5.92. The van der Waals surface area contributed by atoms with E-state index in [0.29, 0.717) is 17.7 Å². The molecular weight excluding hydrogens is 278 g/mol. The number of hydrogen-bond acceptors (Lipinski definition) is 4. The van der Waals surface area contributed by atoms with Crippen molar-refractivity contribution < 1.29 is 4.79 Å². The van der Waals surface area contributed by atoms with Crippen molar-refractivity contribution in [1.29, 1.82) is 0 Å². The normalized spacial score (nSPS) is 31.5. The van der Waals surface area contributed by atoms with Crippen LogP contribution in [0.5, 0.6) is 0 Å². The zero-order valence-corrected chi connectivity index (χ0v) is 12.4. The Morgan fingerprint density at radius 1 is 1.27 bits per heavy atom. The molecule has 4 fully saturated rings. The molecule has 2 aromatic rings. The lowest BCUT2D eigenvalue weighted by molar-refractivity contribution is -0.00153. The number of hydrogen-bond donors (Lipinski definition) is 1. The highest BCUT2D eigenvalue weighted by Gasteiger charge is 2.60. The number of aromatic nitrogens is 3. The van der Waals surface area contributed by atoms with Gasteiger partial charge in [-0.25, -0.2) is 9.97 Å². The fourth-order valence-electron chi connectivity index (χ4n) is 4.48. The Morgan fingerprint density at radius 3 is 2.86 bits per heavy atom. The minimum atomic E-state index is -0.0550. The van der Waals surface area contributed by atoms with E-state index in [9.17, 15) is 4.79 Å². The molecule has 6 heteroatoms. The Balaban J connectivity index is 1.42. The predicted octanol–water partition coefficient (Wildman–Crippen LogP) is 1.09. The van der Waals surface area contributed by atoms with Gasteiger partial charge in [0.05, 0.1) is 12.2 Å². The van der Waals surface area contributed by atoms with Crippen LogP contribution in [0.1, 0.15) is 36.2 Å². The van der Waals surface area contributed by atoms with Crippen LogP contribution in [0.4, 0.5) is 0 Å². The lowest BCUT2D eigenvalue weighted by Crippen LogP contribution is -2.65. The van der Waals surface area contributed by atoms with Gasteiger partial charge >= 0.3 is 0 Å². The molecule has 3 saturated heterocycles. The molecule has 1 amide bonds. The molecule has 2 aromatic heterocycles. The van der Waals surface area contributed by atoms with E-state index < -0.39 is 0 Å². The number of nitrogens with one attached hydrogen (secondary N) is 1. The molecule has 1 spiro atoms. The van der Waals surface area contributed by atoms with Crippen molar-refractivity contribution in [3.63, 3.8) is 0 Å². The van der Waals surface area contributed by atoms with Crippen LogP contribution < -0.4 is 5.32 Å². The van der Waals surface area contributed by atoms with Gasteiger partial charge in [-0.1, -0.05) is 0 Å². The first kappa shape index (κ1) is 12.6. The molecule has 1 N–H and O–H groups in total. The maximum atomic E-state index is 12.6. The number of imidazole rings is 1. The molecule has 2 bridgehead atoms. The zero-order chi connectivity index (χ0) is 14.7. The third-order valence-electron chi connectivity index (χ3n) is 5.78. The molecule has 1 atom stereocenters. The van der Waals surface area contributed by atoms with Gasteiger partial charge in [0.25, 0.3) is 5.91 Å². The van der Waals surface area contributed by atoms with Crippen molar-refractivity contribution in [3.05, 3.63) is 30.5 Å². The molecule has 1 saturated carbocycles. The SMILES string of the molecule is O=C(N[C@H]1C2CCN(CC2)C12CC2)c1cn2ccnc2cn1. The van der Waals surface area contributed by atoms with Crippen molar-refractivity contribution >= 4 is 11.6 Å². The second-order valence-electron chi connectivity index (χ2n) is 6.84. The van der Waals surface area contributed by atoms with E-state index in [1.165, 1.54) is 38.8 Å². The number of piperidine rings is 3. The second kappa shape index (κ2) is 4.29. The fraction of sp³-hybridized carbons (Fsp3) is 0.562. The Morgan fingerprint density at radius 2 is 2.09 bits per heavy atom. The topological polar surface area (TPSA) is 62.5 Å². The van der Waals surface area contributed by atoms with Gasteiger partial charge in [-0.3, -0.25) is 9.69 Å². The molecule has 114 valence electrons. The van der Waals surface area contributed by atoms with E-state index in [1.54, 1.807) is 18.6 Å². The first-order valence-electron chi connectivity index (χ1n) is 8.11. The molecule has 6 nitrogen and oxygen atoms in total. The van der Waals surface area contributed by atoms with Crippen molar-refractivity contribution in [3.8, 4) is 0 Å². The Hall–Kier alpha value is -1.95. The van der Waals surface area contributed by atoms with Crippen LogP contribution in [0.25, 0.3) is 5.65 Å². The van der Waals surface area contributed by atoms with Crippen molar-refractivity contribution in [1.82, 2.24) is 24.6 Å². The largest absolute Gasteiger partial charge is 0.346 e. The van der Waals surface area contributed by atoms with Crippen LogP contribution >= 0.6 is 0 Å². The van der Waals surface area contributed by atoms with Crippen molar-refractivity contribution in [2.75, 3.05) is 13.1 Å². The number of rotatable bonds is 2. The summed E-state index contributed by atoms with van der Waals surface area (Å²) in [4.78, 5) is 23.7. The van der Waals surface area contributed by atoms with Gasteiger partial charge in [0.1, 0.15) is 5.69 Å². The summed E-state index contributed by atoms with van der Waals surface area (Å²) in [6, 6.07) is 0.294. The smallest absolute Gasteiger partial charge is 0.271 e. The number of nitrogens with zero attached hydrogens (tertiary/aromatic N) is 4. The average Bonchev–Trinajstić information content (AvgIpc) is 3.18. The maximum absolute atomic E-state index is 12.6. The third kappa shape index (κ3) is 1.67. The molecular formula is C16H19N5O. The van der Waals surface area contributed by atoms with E-state index in [1.807, 2.05) is 10.6 Å². The van der Waals surface area contributed by atoms with Gasteiger partial charge in [0.15, 0.2) is 5.65 Å². The molecule has 0 aromatic carbocycles. The van der Waals surface area contributed by atoms with Gasteiger partial charge in [-0.15, -0.1) is 0 Å². The predicted molar refractivity (Wildman–Crippen MR) is 80.5 cm³/mol. The third-order valence-corrected chi connectivity index (χ3v) is 5.78. The highest BCUT2D eigenvalue weighted by atomic mass is 16.2. The van der Waals surface area contributed by atoms with Crippen LogP contribution in [0, 0.1) is 5.92 Å². The lowest BCUT2D eigenvalue weighted by atomic mass is 9.77. The van der Waals surface area contributed by atoms with Gasteiger partial charge in [0.2, 0.25) is 0 Å². The minimum Gasteiger partial charge on any atom is -0.346 e. The maximum Gasteiger partial charge on any atom is 0.271 e. The zero-order valence-electron chi connectivity index (χ0n) is 12.4. The Kier molecular flexibility index (Phi) is 2.45. The average molecular weight is 297 g/mol. The van der Waals surface area contributed by atoms with Gasteiger partial charge in [0, 0.05) is 24.1 Å². The number of carbonyl (C=O) groups excluding carboxylic acids is 1. The summed E-state index contributed by atoms with van der Waals surface area (Å²) < 4.78 is 1.84. The van der Waals surface area contributed by atoms with E-state index in [2.05, 4.69) is 20.2 Å². The number of carbonyl (C=O) groups is 1. The molecule has 5 heterocycles. The first-order valence-corrected chi connectivity index (χ1v) is 8.11. The first-order chi connectivity index (χ1) is 10.8. The standard InChI is InChI=1S/C16H19N5O/c22-15(12-10-20-8-5-17-13(20)9-18-12)19-14-11-1-6-21(7-2-11)16(14)3-4-16/h5,8-11,14H,1-4,6-7H2,(H,19,22)/t14-/m0/s1. The molecule has 1 aliphatic carbocycles. The number of amides is 1. The molecule has 22 heavy (non-hydrogen) atoms. The van der Waals surface area contributed by atoms with E-state index in [4.69, 9.17) is 0 Å². The number of fused-ring (bicyclic) bond motifs is 3. The van der Waals surface area contributed by atoms with Gasteiger partial charge < -0.3 is 9.72 Å². The van der Waals surface area contributed by atoms with Crippen LogP contribution in [0.3, 0.4) is 0 Å². The van der Waals surface area contributed by atoms with Crippen molar-refractivity contribution in [2.45, 2.75) is 37.3 Å². The van der Waals surface area contributed by atoms with Crippen molar-refractivity contribution in [2.24, 2.45) is 5.92 Å². The molecule has 0 radical (unpaired) electrons. The summed E-state index contributed by atoms with van der Waals surface area (Å²) in [7, 11) is 0. The molecule has 4 aliphatic rings.